The molecular formula is C18H23ClN4O2. The first-order chi connectivity index (χ1) is 12.0. The number of carbonyl (C=O) groups is 1. The third-order valence-electron chi connectivity index (χ3n) is 4.48. The molecule has 0 spiro atoms. The second-order valence-electron chi connectivity index (χ2n) is 6.54. The molecule has 0 bridgehead atoms. The van der Waals surface area contributed by atoms with E-state index in [9.17, 15) is 4.79 Å². The van der Waals surface area contributed by atoms with Crippen molar-refractivity contribution in [1.29, 1.82) is 0 Å². The van der Waals surface area contributed by atoms with E-state index >= 15 is 0 Å². The largest absolute Gasteiger partial charge is 0.497 e. The number of aromatic nitrogens is 2. The van der Waals surface area contributed by atoms with Crippen molar-refractivity contribution in [3.8, 4) is 5.75 Å². The minimum Gasteiger partial charge on any atom is -0.497 e. The van der Waals surface area contributed by atoms with E-state index in [0.717, 1.165) is 18.7 Å². The standard InChI is InChI=1S/C18H23ClN4O2/c1-21(2)9-7-14-12-22(11-13-6-8-20-23(13)14)18(24)16-10-15(25-3)4-5-17(16)19/h4-6,8,10,14H,7,9,11-12H2,1-3H3/t14-/m1/s1. The average molecular weight is 363 g/mol. The maximum absolute atomic E-state index is 13.0. The van der Waals surface area contributed by atoms with Gasteiger partial charge in [0.2, 0.25) is 0 Å². The second kappa shape index (κ2) is 7.45. The zero-order chi connectivity index (χ0) is 18.0. The van der Waals surface area contributed by atoms with E-state index in [0.29, 0.717) is 29.4 Å². The molecule has 1 aromatic heterocycles. The van der Waals surface area contributed by atoms with Crippen LogP contribution in [0.15, 0.2) is 30.5 Å². The van der Waals surface area contributed by atoms with Gasteiger partial charge in [0.15, 0.2) is 0 Å². The first kappa shape index (κ1) is 17.8. The highest BCUT2D eigenvalue weighted by molar-refractivity contribution is 6.33. The first-order valence-corrected chi connectivity index (χ1v) is 8.67. The topological polar surface area (TPSA) is 50.6 Å². The third kappa shape index (κ3) is 3.80. The van der Waals surface area contributed by atoms with Gasteiger partial charge in [-0.05, 0) is 51.3 Å². The molecule has 2 heterocycles. The van der Waals surface area contributed by atoms with E-state index < -0.39 is 0 Å². The molecule has 7 heteroatoms. The van der Waals surface area contributed by atoms with Crippen LogP contribution in [0.3, 0.4) is 0 Å². The van der Waals surface area contributed by atoms with Crippen LogP contribution in [0.1, 0.15) is 28.5 Å². The fourth-order valence-corrected chi connectivity index (χ4v) is 3.33. The Bertz CT molecular complexity index is 759. The Balaban J connectivity index is 1.84. The zero-order valence-corrected chi connectivity index (χ0v) is 15.5. The van der Waals surface area contributed by atoms with Crippen molar-refractivity contribution in [2.45, 2.75) is 19.0 Å². The lowest BCUT2D eigenvalue weighted by Crippen LogP contribution is -2.42. The van der Waals surface area contributed by atoms with Crippen molar-refractivity contribution in [2.75, 3.05) is 34.3 Å². The summed E-state index contributed by atoms with van der Waals surface area (Å²) in [4.78, 5) is 17.0. The monoisotopic (exact) mass is 362 g/mol. The maximum Gasteiger partial charge on any atom is 0.255 e. The molecule has 25 heavy (non-hydrogen) atoms. The fourth-order valence-electron chi connectivity index (χ4n) is 3.13. The van der Waals surface area contributed by atoms with E-state index in [1.807, 2.05) is 29.7 Å². The van der Waals surface area contributed by atoms with E-state index in [1.165, 1.54) is 0 Å². The Hall–Kier alpha value is -2.05. The SMILES string of the molecule is COc1ccc(Cl)c(C(=O)N2Cc3ccnn3[C@H](CCN(C)C)C2)c1. The number of hydrogen-bond donors (Lipinski definition) is 0. The van der Waals surface area contributed by atoms with Crippen LogP contribution in [0.4, 0.5) is 0 Å². The van der Waals surface area contributed by atoms with Gasteiger partial charge >= 0.3 is 0 Å². The number of ether oxygens (including phenoxy) is 1. The second-order valence-corrected chi connectivity index (χ2v) is 6.95. The van der Waals surface area contributed by atoms with Gasteiger partial charge in [-0.25, -0.2) is 0 Å². The molecule has 0 unspecified atom stereocenters. The van der Waals surface area contributed by atoms with Gasteiger partial charge in [0.05, 0.1) is 36.0 Å². The molecule has 1 aliphatic heterocycles. The molecule has 0 aliphatic carbocycles. The number of nitrogens with zero attached hydrogens (tertiary/aromatic N) is 4. The van der Waals surface area contributed by atoms with Gasteiger partial charge in [-0.1, -0.05) is 11.6 Å². The quantitative estimate of drug-likeness (QED) is 0.820. The highest BCUT2D eigenvalue weighted by Gasteiger charge is 2.30. The fraction of sp³-hybridized carbons (Fsp3) is 0.444. The highest BCUT2D eigenvalue weighted by Crippen LogP contribution is 2.28. The molecule has 0 saturated heterocycles. The lowest BCUT2D eigenvalue weighted by Gasteiger charge is -2.34. The van der Waals surface area contributed by atoms with Gasteiger partial charge in [0.1, 0.15) is 5.75 Å². The maximum atomic E-state index is 13.0. The van der Waals surface area contributed by atoms with Crippen molar-refractivity contribution in [2.24, 2.45) is 0 Å². The number of carbonyl (C=O) groups excluding carboxylic acids is 1. The summed E-state index contributed by atoms with van der Waals surface area (Å²) >= 11 is 6.26. The summed E-state index contributed by atoms with van der Waals surface area (Å²) in [6.07, 6.45) is 2.72. The molecule has 3 rings (SSSR count). The van der Waals surface area contributed by atoms with Crippen LogP contribution >= 0.6 is 11.6 Å². The number of rotatable bonds is 5. The van der Waals surface area contributed by atoms with E-state index in [2.05, 4.69) is 10.00 Å². The lowest BCUT2D eigenvalue weighted by atomic mass is 10.1. The molecular weight excluding hydrogens is 340 g/mol. The summed E-state index contributed by atoms with van der Waals surface area (Å²) in [5.41, 5.74) is 1.52. The van der Waals surface area contributed by atoms with Crippen LogP contribution in [0, 0.1) is 0 Å². The van der Waals surface area contributed by atoms with Crippen LogP contribution in [-0.4, -0.2) is 59.8 Å². The molecule has 6 nitrogen and oxygen atoms in total. The Labute approximate surface area is 152 Å². The van der Waals surface area contributed by atoms with Crippen molar-refractivity contribution < 1.29 is 9.53 Å². The van der Waals surface area contributed by atoms with Gasteiger partial charge in [0, 0.05) is 12.7 Å². The summed E-state index contributed by atoms with van der Waals surface area (Å²) in [5, 5.41) is 4.88. The van der Waals surface area contributed by atoms with Crippen molar-refractivity contribution in [1.82, 2.24) is 19.6 Å². The van der Waals surface area contributed by atoms with E-state index in [4.69, 9.17) is 16.3 Å². The number of fused-ring (bicyclic) bond motifs is 1. The van der Waals surface area contributed by atoms with Crippen LogP contribution in [0.25, 0.3) is 0 Å². The smallest absolute Gasteiger partial charge is 0.255 e. The van der Waals surface area contributed by atoms with Gasteiger partial charge in [-0.2, -0.15) is 5.10 Å². The summed E-state index contributed by atoms with van der Waals surface area (Å²) in [7, 11) is 5.67. The molecule has 0 N–H and O–H groups in total. The van der Waals surface area contributed by atoms with Crippen molar-refractivity contribution in [3.05, 3.63) is 46.7 Å². The van der Waals surface area contributed by atoms with E-state index in [1.54, 1.807) is 31.5 Å². The summed E-state index contributed by atoms with van der Waals surface area (Å²) in [5.74, 6) is 0.546. The molecule has 0 fully saturated rings. The normalized spacial score (nSPS) is 16.8. The van der Waals surface area contributed by atoms with Crippen LogP contribution in [0.2, 0.25) is 5.02 Å². The minimum atomic E-state index is -0.0776. The predicted octanol–water partition coefficient (Wildman–Crippen LogP) is 2.69. The van der Waals surface area contributed by atoms with Gasteiger partial charge in [0.25, 0.3) is 5.91 Å². The Morgan fingerprint density at radius 2 is 2.20 bits per heavy atom. The summed E-state index contributed by atoms with van der Waals surface area (Å²) in [6, 6.07) is 7.28. The van der Waals surface area contributed by atoms with Crippen molar-refractivity contribution >= 4 is 17.5 Å². The van der Waals surface area contributed by atoms with Gasteiger partial charge in [-0.15, -0.1) is 0 Å². The molecule has 2 aromatic rings. The van der Waals surface area contributed by atoms with Gasteiger partial charge < -0.3 is 14.5 Å². The first-order valence-electron chi connectivity index (χ1n) is 8.29. The van der Waals surface area contributed by atoms with Crippen LogP contribution in [-0.2, 0) is 6.54 Å². The number of benzene rings is 1. The molecule has 1 atom stereocenters. The van der Waals surface area contributed by atoms with E-state index in [-0.39, 0.29) is 11.9 Å². The molecule has 134 valence electrons. The van der Waals surface area contributed by atoms with Crippen molar-refractivity contribution in [3.63, 3.8) is 0 Å². The Kier molecular flexibility index (Phi) is 5.30. The Morgan fingerprint density at radius 3 is 2.92 bits per heavy atom. The number of amides is 1. The lowest BCUT2D eigenvalue weighted by molar-refractivity contribution is 0.0659. The number of halogens is 1. The summed E-state index contributed by atoms with van der Waals surface area (Å²) < 4.78 is 7.27. The third-order valence-corrected chi connectivity index (χ3v) is 4.81. The molecule has 0 saturated carbocycles. The predicted molar refractivity (Wildman–Crippen MR) is 97.2 cm³/mol. The average Bonchev–Trinajstić information content (AvgIpc) is 3.08. The summed E-state index contributed by atoms with van der Waals surface area (Å²) in [6.45, 7) is 2.09. The molecule has 1 aromatic carbocycles. The number of methoxy groups -OCH3 is 1. The molecule has 1 aliphatic rings. The molecule has 0 radical (unpaired) electrons. The Morgan fingerprint density at radius 1 is 1.40 bits per heavy atom. The highest BCUT2D eigenvalue weighted by atomic mass is 35.5. The minimum absolute atomic E-state index is 0.0776. The van der Waals surface area contributed by atoms with Gasteiger partial charge in [-0.3, -0.25) is 9.48 Å². The molecule has 1 amide bonds. The van der Waals surface area contributed by atoms with Crippen LogP contribution in [0.5, 0.6) is 5.75 Å². The van der Waals surface area contributed by atoms with Crippen LogP contribution < -0.4 is 4.74 Å². The number of hydrogen-bond acceptors (Lipinski definition) is 4. The zero-order valence-electron chi connectivity index (χ0n) is 14.8.